The first-order chi connectivity index (χ1) is 18.1. The zero-order valence-corrected chi connectivity index (χ0v) is 23.0. The lowest BCUT2D eigenvalue weighted by Crippen LogP contribution is -2.50. The zero-order chi connectivity index (χ0) is 27.9. The molecule has 0 saturated carbocycles. The van der Waals surface area contributed by atoms with Crippen LogP contribution in [0.25, 0.3) is 0 Å². The number of aryl methyl sites for hydroxylation is 1. The number of hydrogen-bond donors (Lipinski definition) is 1. The molecule has 0 aromatic heterocycles. The maximum Gasteiger partial charge on any atom is 0.264 e. The Kier molecular flexibility index (Phi) is 9.35. The highest BCUT2D eigenvalue weighted by Gasteiger charge is 2.33. The van der Waals surface area contributed by atoms with Gasteiger partial charge in [0.25, 0.3) is 10.0 Å². The minimum absolute atomic E-state index is 0.0264. The Hall–Kier alpha value is -4.05. The van der Waals surface area contributed by atoms with Gasteiger partial charge in [0.05, 0.1) is 24.8 Å². The third kappa shape index (κ3) is 6.44. The normalized spacial score (nSPS) is 11.8. The van der Waals surface area contributed by atoms with Gasteiger partial charge in [-0.3, -0.25) is 13.9 Å². The lowest BCUT2D eigenvalue weighted by molar-refractivity contribution is -0.139. The number of sulfonamides is 1. The summed E-state index contributed by atoms with van der Waals surface area (Å²) in [6.45, 7) is 3.13. The second-order valence-electron chi connectivity index (χ2n) is 8.66. The van der Waals surface area contributed by atoms with E-state index in [1.807, 2.05) is 31.2 Å². The highest BCUT2D eigenvalue weighted by Crippen LogP contribution is 2.33. The number of hydrogen-bond acceptors (Lipinski definition) is 6. The number of nitrogens with one attached hydrogen (secondary N) is 1. The van der Waals surface area contributed by atoms with Crippen molar-refractivity contribution in [2.75, 3.05) is 32.1 Å². The molecule has 0 spiro atoms. The molecule has 1 unspecified atom stereocenters. The molecule has 3 aromatic rings. The Morgan fingerprint density at radius 3 is 2.13 bits per heavy atom. The smallest absolute Gasteiger partial charge is 0.264 e. The summed E-state index contributed by atoms with van der Waals surface area (Å²) in [7, 11) is 0.181. The molecule has 0 heterocycles. The second-order valence-corrected chi connectivity index (χ2v) is 10.5. The standard InChI is InChI=1S/C28H33N3O6S/c1-20-10-12-22(13-11-20)18-30(21(2)28(33)29-3)27(32)19-31(25-8-6-7-9-26(25)37-5)38(34,35)24-16-14-23(36-4)15-17-24/h6-17,21H,18-19H2,1-5H3,(H,29,33). The number of para-hydroxylation sites is 2. The summed E-state index contributed by atoms with van der Waals surface area (Å²) in [6.07, 6.45) is 0. The van der Waals surface area contributed by atoms with Gasteiger partial charge in [-0.25, -0.2) is 8.42 Å². The van der Waals surface area contributed by atoms with Crippen LogP contribution in [-0.2, 0) is 26.2 Å². The summed E-state index contributed by atoms with van der Waals surface area (Å²) in [5, 5.41) is 2.57. The van der Waals surface area contributed by atoms with Gasteiger partial charge in [0.1, 0.15) is 24.1 Å². The van der Waals surface area contributed by atoms with Crippen molar-refractivity contribution in [1.29, 1.82) is 0 Å². The van der Waals surface area contributed by atoms with E-state index < -0.39 is 28.5 Å². The molecule has 0 aliphatic carbocycles. The van der Waals surface area contributed by atoms with E-state index in [0.717, 1.165) is 15.4 Å². The number of carbonyl (C=O) groups is 2. The first-order valence-corrected chi connectivity index (χ1v) is 13.4. The monoisotopic (exact) mass is 539 g/mol. The van der Waals surface area contributed by atoms with Gasteiger partial charge in [0, 0.05) is 13.6 Å². The molecule has 3 rings (SSSR count). The molecule has 0 bridgehead atoms. The van der Waals surface area contributed by atoms with E-state index in [-0.39, 0.29) is 28.8 Å². The molecule has 202 valence electrons. The van der Waals surface area contributed by atoms with E-state index in [4.69, 9.17) is 9.47 Å². The average molecular weight is 540 g/mol. The van der Waals surface area contributed by atoms with Gasteiger partial charge < -0.3 is 19.7 Å². The topological polar surface area (TPSA) is 105 Å². The van der Waals surface area contributed by atoms with Crippen LogP contribution < -0.4 is 19.1 Å². The SMILES string of the molecule is CNC(=O)C(C)N(Cc1ccc(C)cc1)C(=O)CN(c1ccccc1OC)S(=O)(=O)c1ccc(OC)cc1. The summed E-state index contributed by atoms with van der Waals surface area (Å²) in [6, 6.07) is 19.2. The molecule has 0 saturated heterocycles. The third-order valence-electron chi connectivity index (χ3n) is 6.17. The molecule has 3 aromatic carbocycles. The number of ether oxygens (including phenoxy) is 2. The van der Waals surface area contributed by atoms with Crippen LogP contribution >= 0.6 is 0 Å². The van der Waals surface area contributed by atoms with Crippen molar-refractivity contribution in [1.82, 2.24) is 10.2 Å². The predicted octanol–water partition coefficient (Wildman–Crippen LogP) is 3.37. The Bertz CT molecular complexity index is 1360. The molecule has 0 radical (unpaired) electrons. The number of amides is 2. The quantitative estimate of drug-likeness (QED) is 0.401. The number of benzene rings is 3. The van der Waals surface area contributed by atoms with Crippen molar-refractivity contribution >= 4 is 27.5 Å². The largest absolute Gasteiger partial charge is 0.497 e. The summed E-state index contributed by atoms with van der Waals surface area (Å²) >= 11 is 0. The summed E-state index contributed by atoms with van der Waals surface area (Å²) < 4.78 is 39.4. The van der Waals surface area contributed by atoms with Crippen LogP contribution in [0.2, 0.25) is 0 Å². The van der Waals surface area contributed by atoms with Crippen molar-refractivity contribution < 1.29 is 27.5 Å². The molecule has 2 amide bonds. The lowest BCUT2D eigenvalue weighted by Gasteiger charge is -2.32. The molecular formula is C28H33N3O6S. The number of nitrogens with zero attached hydrogens (tertiary/aromatic N) is 2. The molecule has 0 aliphatic heterocycles. The summed E-state index contributed by atoms with van der Waals surface area (Å²) in [5.74, 6) is -0.147. The molecule has 1 N–H and O–H groups in total. The predicted molar refractivity (Wildman–Crippen MR) is 146 cm³/mol. The van der Waals surface area contributed by atoms with E-state index in [1.165, 1.54) is 50.4 Å². The van der Waals surface area contributed by atoms with E-state index in [9.17, 15) is 18.0 Å². The molecule has 10 heteroatoms. The number of methoxy groups -OCH3 is 2. The molecule has 0 aliphatic rings. The van der Waals surface area contributed by atoms with Crippen molar-refractivity contribution in [2.24, 2.45) is 0 Å². The fourth-order valence-corrected chi connectivity index (χ4v) is 5.33. The Morgan fingerprint density at radius 2 is 1.55 bits per heavy atom. The van der Waals surface area contributed by atoms with Gasteiger partial charge in [-0.05, 0) is 55.8 Å². The van der Waals surface area contributed by atoms with Gasteiger partial charge in [-0.1, -0.05) is 42.0 Å². The van der Waals surface area contributed by atoms with Crippen molar-refractivity contribution in [3.63, 3.8) is 0 Å². The van der Waals surface area contributed by atoms with Gasteiger partial charge in [0.2, 0.25) is 11.8 Å². The number of anilines is 1. The van der Waals surface area contributed by atoms with E-state index in [2.05, 4.69) is 5.32 Å². The average Bonchev–Trinajstić information content (AvgIpc) is 2.94. The minimum Gasteiger partial charge on any atom is -0.497 e. The van der Waals surface area contributed by atoms with Crippen molar-refractivity contribution in [3.8, 4) is 11.5 Å². The highest BCUT2D eigenvalue weighted by molar-refractivity contribution is 7.92. The van der Waals surface area contributed by atoms with E-state index >= 15 is 0 Å². The van der Waals surface area contributed by atoms with Crippen LogP contribution in [0.15, 0.2) is 77.7 Å². The van der Waals surface area contributed by atoms with Gasteiger partial charge in [0.15, 0.2) is 0 Å². The third-order valence-corrected chi connectivity index (χ3v) is 7.94. The van der Waals surface area contributed by atoms with Crippen LogP contribution in [0.4, 0.5) is 5.69 Å². The lowest BCUT2D eigenvalue weighted by atomic mass is 10.1. The first kappa shape index (κ1) is 28.5. The Balaban J connectivity index is 2.06. The first-order valence-electron chi connectivity index (χ1n) is 12.0. The number of likely N-dealkylation sites (N-methyl/N-ethyl adjacent to an activating group) is 1. The van der Waals surface area contributed by atoms with Gasteiger partial charge in [-0.15, -0.1) is 0 Å². The van der Waals surface area contributed by atoms with Gasteiger partial charge in [-0.2, -0.15) is 0 Å². The molecule has 9 nitrogen and oxygen atoms in total. The van der Waals surface area contributed by atoms with Crippen LogP contribution in [0.5, 0.6) is 11.5 Å². The Morgan fingerprint density at radius 1 is 0.921 bits per heavy atom. The van der Waals surface area contributed by atoms with Crippen LogP contribution in [0, 0.1) is 6.92 Å². The fourth-order valence-electron chi connectivity index (χ4n) is 3.91. The number of rotatable bonds is 11. The van der Waals surface area contributed by atoms with Crippen LogP contribution in [0.1, 0.15) is 18.1 Å². The van der Waals surface area contributed by atoms with Crippen molar-refractivity contribution in [3.05, 3.63) is 83.9 Å². The summed E-state index contributed by atoms with van der Waals surface area (Å²) in [5.41, 5.74) is 2.06. The maximum atomic E-state index is 13.9. The maximum absolute atomic E-state index is 13.9. The van der Waals surface area contributed by atoms with E-state index in [0.29, 0.717) is 5.75 Å². The van der Waals surface area contributed by atoms with Crippen LogP contribution in [-0.4, -0.2) is 59.0 Å². The zero-order valence-electron chi connectivity index (χ0n) is 22.2. The minimum atomic E-state index is -4.22. The molecule has 38 heavy (non-hydrogen) atoms. The van der Waals surface area contributed by atoms with E-state index in [1.54, 1.807) is 31.2 Å². The van der Waals surface area contributed by atoms with Crippen LogP contribution in [0.3, 0.4) is 0 Å². The van der Waals surface area contributed by atoms with Crippen molar-refractivity contribution in [2.45, 2.75) is 31.3 Å². The Labute approximate surface area is 224 Å². The highest BCUT2D eigenvalue weighted by atomic mass is 32.2. The fraction of sp³-hybridized carbons (Fsp3) is 0.286. The molecule has 1 atom stereocenters. The number of carbonyl (C=O) groups excluding carboxylic acids is 2. The molecule has 0 fully saturated rings. The summed E-state index contributed by atoms with van der Waals surface area (Å²) in [4.78, 5) is 27.7. The van der Waals surface area contributed by atoms with Gasteiger partial charge >= 0.3 is 0 Å². The second kappa shape index (κ2) is 12.5. The molecular weight excluding hydrogens is 506 g/mol.